The smallest absolute Gasteiger partial charge is 0.114 e. The number of benzene rings is 3. The molecule has 0 radical (unpaired) electrons. The normalized spacial score (nSPS) is 11.2. The van der Waals surface area contributed by atoms with Crippen LogP contribution in [0.5, 0.6) is 0 Å². The Labute approximate surface area is 192 Å². The second kappa shape index (κ2) is 7.85. The van der Waals surface area contributed by atoms with Crippen molar-refractivity contribution >= 4 is 45.4 Å². The largest absolute Gasteiger partial charge is 0.172 e. The molecule has 0 spiro atoms. The summed E-state index contributed by atoms with van der Waals surface area (Å²) in [5.74, 6) is 0. The molecule has 0 amide bonds. The summed E-state index contributed by atoms with van der Waals surface area (Å²) in [6, 6.07) is 34.2. The van der Waals surface area contributed by atoms with E-state index in [1.807, 2.05) is 0 Å². The van der Waals surface area contributed by atoms with Crippen molar-refractivity contribution in [2.75, 3.05) is 0 Å². The lowest BCUT2D eigenvalue weighted by molar-refractivity contribution is 1.63. The molecule has 0 saturated carbocycles. The van der Waals surface area contributed by atoms with Crippen LogP contribution < -0.4 is 0 Å². The minimum absolute atomic E-state index is 0.985. The maximum atomic E-state index is 4.67. The van der Waals surface area contributed by atoms with Gasteiger partial charge in [-0.15, -0.1) is 22.7 Å². The van der Waals surface area contributed by atoms with Gasteiger partial charge in [-0.1, -0.05) is 72.8 Å². The number of thiophene rings is 2. The first kappa shape index (κ1) is 18.6. The van der Waals surface area contributed by atoms with E-state index in [9.17, 15) is 0 Å². The van der Waals surface area contributed by atoms with Crippen LogP contribution in [0.15, 0.2) is 97.1 Å². The van der Waals surface area contributed by atoms with Crippen LogP contribution in [0, 0.1) is 0 Å². The van der Waals surface area contributed by atoms with Crippen LogP contribution in [0.4, 0.5) is 0 Å². The molecule has 0 saturated heterocycles. The van der Waals surface area contributed by atoms with Crippen molar-refractivity contribution in [1.29, 1.82) is 0 Å². The van der Waals surface area contributed by atoms with Crippen molar-refractivity contribution in [1.82, 2.24) is 8.75 Å². The third kappa shape index (κ3) is 3.41. The lowest BCUT2D eigenvalue weighted by Gasteiger charge is -2.04. The van der Waals surface area contributed by atoms with Crippen LogP contribution in [0.25, 0.3) is 52.8 Å². The standard InChI is InChI=1S/C26H16N2S3/c1-3-7-17(8-4-1)21-13-15-23(29-21)19-11-12-20(26-25(19)27-31-28-26)24-16-14-22(30-24)18-9-5-2-6-10-18/h1-16H. The minimum atomic E-state index is 0.985. The Kier molecular flexibility index (Phi) is 4.72. The minimum Gasteiger partial charge on any atom is -0.172 e. The quantitative estimate of drug-likeness (QED) is 0.268. The number of rotatable bonds is 4. The lowest BCUT2D eigenvalue weighted by Crippen LogP contribution is -1.81. The lowest BCUT2D eigenvalue weighted by atomic mass is 10.1. The Bertz CT molecular complexity index is 1370. The van der Waals surface area contributed by atoms with Crippen LogP contribution in [0.1, 0.15) is 0 Å². The molecule has 0 aliphatic heterocycles. The molecular weight excluding hydrogens is 437 g/mol. The zero-order valence-electron chi connectivity index (χ0n) is 16.4. The zero-order valence-corrected chi connectivity index (χ0v) is 18.8. The maximum absolute atomic E-state index is 4.67. The molecule has 31 heavy (non-hydrogen) atoms. The topological polar surface area (TPSA) is 25.8 Å². The van der Waals surface area contributed by atoms with Crippen LogP contribution in [0.2, 0.25) is 0 Å². The van der Waals surface area contributed by atoms with Gasteiger partial charge in [-0.25, -0.2) is 0 Å². The molecule has 5 heteroatoms. The van der Waals surface area contributed by atoms with E-state index in [0.717, 1.165) is 22.2 Å². The SMILES string of the molecule is c1ccc(-c2ccc(-c3ccc(-c4ccc(-c5ccccc5)s4)c4nsnc34)s2)cc1. The van der Waals surface area contributed by atoms with Gasteiger partial charge >= 0.3 is 0 Å². The van der Waals surface area contributed by atoms with Crippen molar-refractivity contribution in [3.05, 3.63) is 97.1 Å². The Morgan fingerprint density at radius 1 is 0.419 bits per heavy atom. The summed E-state index contributed by atoms with van der Waals surface area (Å²) >= 11 is 4.89. The highest BCUT2D eigenvalue weighted by atomic mass is 32.1. The van der Waals surface area contributed by atoms with Crippen LogP contribution in [-0.4, -0.2) is 8.75 Å². The Balaban J connectivity index is 1.41. The van der Waals surface area contributed by atoms with Gasteiger partial charge in [0, 0.05) is 30.6 Å². The number of hydrogen-bond donors (Lipinski definition) is 0. The molecule has 0 N–H and O–H groups in total. The molecule has 0 aliphatic rings. The van der Waals surface area contributed by atoms with E-state index in [0.29, 0.717) is 0 Å². The molecule has 6 rings (SSSR count). The van der Waals surface area contributed by atoms with E-state index in [-0.39, 0.29) is 0 Å². The first-order chi connectivity index (χ1) is 15.4. The van der Waals surface area contributed by atoms with Crippen molar-refractivity contribution in [3.63, 3.8) is 0 Å². The monoisotopic (exact) mass is 452 g/mol. The number of hydrogen-bond acceptors (Lipinski definition) is 5. The molecule has 2 nitrogen and oxygen atoms in total. The summed E-state index contributed by atoms with van der Waals surface area (Å²) in [5.41, 5.74) is 6.77. The van der Waals surface area contributed by atoms with Crippen molar-refractivity contribution < 1.29 is 0 Å². The van der Waals surface area contributed by atoms with E-state index in [1.165, 1.54) is 42.4 Å². The van der Waals surface area contributed by atoms with Crippen molar-refractivity contribution in [2.24, 2.45) is 0 Å². The molecule has 0 fully saturated rings. The van der Waals surface area contributed by atoms with Gasteiger partial charge in [-0.2, -0.15) is 8.75 Å². The molecule has 0 aliphatic carbocycles. The number of nitrogens with zero attached hydrogens (tertiary/aromatic N) is 2. The fraction of sp³-hybridized carbons (Fsp3) is 0. The summed E-state index contributed by atoms with van der Waals surface area (Å²) < 4.78 is 9.34. The van der Waals surface area contributed by atoms with Gasteiger partial charge in [0.2, 0.25) is 0 Å². The zero-order chi connectivity index (χ0) is 20.6. The van der Waals surface area contributed by atoms with Crippen LogP contribution in [0.3, 0.4) is 0 Å². The van der Waals surface area contributed by atoms with Gasteiger partial charge in [-0.3, -0.25) is 0 Å². The van der Waals surface area contributed by atoms with Gasteiger partial charge in [0.15, 0.2) is 0 Å². The Morgan fingerprint density at radius 3 is 1.29 bits per heavy atom. The van der Waals surface area contributed by atoms with Gasteiger partial charge in [0.25, 0.3) is 0 Å². The highest BCUT2D eigenvalue weighted by molar-refractivity contribution is 7.19. The van der Waals surface area contributed by atoms with Crippen molar-refractivity contribution in [2.45, 2.75) is 0 Å². The fourth-order valence-electron chi connectivity index (χ4n) is 3.74. The van der Waals surface area contributed by atoms with Crippen LogP contribution in [-0.2, 0) is 0 Å². The second-order valence-corrected chi connectivity index (χ2v) is 9.88. The number of aromatic nitrogens is 2. The molecule has 0 atom stereocenters. The maximum Gasteiger partial charge on any atom is 0.114 e. The predicted octanol–water partition coefficient (Wildman–Crippen LogP) is 8.48. The Hall–Kier alpha value is -3.12. The van der Waals surface area contributed by atoms with Crippen LogP contribution >= 0.6 is 34.4 Å². The summed E-state index contributed by atoms with van der Waals surface area (Å²) in [6.07, 6.45) is 0. The summed E-state index contributed by atoms with van der Waals surface area (Å²) in [7, 11) is 0. The van der Waals surface area contributed by atoms with Crippen molar-refractivity contribution in [3.8, 4) is 41.8 Å². The molecule has 0 bridgehead atoms. The van der Waals surface area contributed by atoms with E-state index in [4.69, 9.17) is 0 Å². The van der Waals surface area contributed by atoms with E-state index in [2.05, 4.69) is 106 Å². The average Bonchev–Trinajstić information content (AvgIpc) is 3.60. The molecule has 6 aromatic rings. The molecule has 0 unspecified atom stereocenters. The molecular formula is C26H16N2S3. The molecule has 3 aromatic carbocycles. The predicted molar refractivity (Wildman–Crippen MR) is 135 cm³/mol. The fourth-order valence-corrected chi connectivity index (χ4v) is 6.39. The van der Waals surface area contributed by atoms with E-state index in [1.54, 1.807) is 22.7 Å². The third-order valence-corrected chi connectivity index (χ3v) is 8.14. The van der Waals surface area contributed by atoms with E-state index < -0.39 is 0 Å². The van der Waals surface area contributed by atoms with Gasteiger partial charge < -0.3 is 0 Å². The first-order valence-corrected chi connectivity index (χ1v) is 12.3. The molecule has 3 aromatic heterocycles. The average molecular weight is 453 g/mol. The molecule has 3 heterocycles. The highest BCUT2D eigenvalue weighted by Crippen LogP contribution is 2.42. The van der Waals surface area contributed by atoms with Gasteiger partial charge in [0.05, 0.1) is 11.7 Å². The highest BCUT2D eigenvalue weighted by Gasteiger charge is 2.16. The first-order valence-electron chi connectivity index (χ1n) is 9.93. The van der Waals surface area contributed by atoms with Gasteiger partial charge in [0.1, 0.15) is 11.0 Å². The second-order valence-electron chi connectivity index (χ2n) is 7.18. The Morgan fingerprint density at radius 2 is 0.839 bits per heavy atom. The van der Waals surface area contributed by atoms with E-state index >= 15 is 0 Å². The van der Waals surface area contributed by atoms with Gasteiger partial charge in [-0.05, 0) is 35.4 Å². The number of fused-ring (bicyclic) bond motifs is 1. The summed E-state index contributed by atoms with van der Waals surface area (Å²) in [5, 5.41) is 0. The third-order valence-electron chi connectivity index (χ3n) is 5.27. The summed E-state index contributed by atoms with van der Waals surface area (Å²) in [6.45, 7) is 0. The summed E-state index contributed by atoms with van der Waals surface area (Å²) in [4.78, 5) is 4.97. The molecule has 148 valence electrons.